The van der Waals surface area contributed by atoms with Crippen molar-refractivity contribution in [1.29, 1.82) is 0 Å². The van der Waals surface area contributed by atoms with Crippen LogP contribution in [0.3, 0.4) is 0 Å². The maximum atomic E-state index is 11.5. The maximum Gasteiger partial charge on any atom is 0.230 e. The molecular formula is C11H14N2O3S. The Morgan fingerprint density at radius 3 is 2.65 bits per heavy atom. The largest absolute Gasteiger partial charge is 0.497 e. The van der Waals surface area contributed by atoms with Gasteiger partial charge in [-0.15, -0.1) is 0 Å². The van der Waals surface area contributed by atoms with E-state index in [1.807, 2.05) is 0 Å². The number of amides is 1. The molecule has 1 aromatic rings. The lowest BCUT2D eigenvalue weighted by Crippen LogP contribution is -2.35. The van der Waals surface area contributed by atoms with E-state index in [1.165, 1.54) is 7.11 Å². The van der Waals surface area contributed by atoms with Crippen LogP contribution in [-0.4, -0.2) is 25.2 Å². The van der Waals surface area contributed by atoms with Gasteiger partial charge in [-0.3, -0.25) is 4.79 Å². The molecule has 0 unspecified atom stereocenters. The summed E-state index contributed by atoms with van der Waals surface area (Å²) in [6.07, 6.45) is 0.123. The Labute approximate surface area is 105 Å². The van der Waals surface area contributed by atoms with E-state index in [1.54, 1.807) is 25.3 Å². The minimum absolute atomic E-state index is 0.0446. The SMILES string of the molecule is COc1ccc(OC)c(CC(=O)NC(N)=S)c1. The third kappa shape index (κ3) is 3.92. The molecular weight excluding hydrogens is 240 g/mol. The lowest BCUT2D eigenvalue weighted by molar-refractivity contribution is -0.119. The highest BCUT2D eigenvalue weighted by atomic mass is 32.1. The molecule has 0 heterocycles. The van der Waals surface area contributed by atoms with Crippen LogP contribution in [0.1, 0.15) is 5.56 Å². The molecule has 17 heavy (non-hydrogen) atoms. The second-order valence-corrected chi connectivity index (χ2v) is 3.71. The van der Waals surface area contributed by atoms with Crippen molar-refractivity contribution in [2.45, 2.75) is 6.42 Å². The molecule has 0 aliphatic carbocycles. The summed E-state index contributed by atoms with van der Waals surface area (Å²) in [6, 6.07) is 5.23. The highest BCUT2D eigenvalue weighted by Gasteiger charge is 2.10. The standard InChI is InChI=1S/C11H14N2O3S/c1-15-8-3-4-9(16-2)7(5-8)6-10(14)13-11(12)17/h3-5H,6H2,1-2H3,(H3,12,13,14,17). The highest BCUT2D eigenvalue weighted by molar-refractivity contribution is 7.80. The first kappa shape index (κ1) is 13.2. The molecule has 0 fully saturated rings. The van der Waals surface area contributed by atoms with Crippen LogP contribution in [0.5, 0.6) is 11.5 Å². The molecule has 3 N–H and O–H groups in total. The number of carbonyl (C=O) groups excluding carboxylic acids is 1. The van der Waals surface area contributed by atoms with Gasteiger partial charge >= 0.3 is 0 Å². The number of hydrogen-bond donors (Lipinski definition) is 2. The Kier molecular flexibility index (Phi) is 4.71. The minimum Gasteiger partial charge on any atom is -0.497 e. The predicted molar refractivity (Wildman–Crippen MR) is 68.2 cm³/mol. The number of nitrogens with two attached hydrogens (primary N) is 1. The van der Waals surface area contributed by atoms with E-state index in [9.17, 15) is 4.79 Å². The van der Waals surface area contributed by atoms with Crippen molar-refractivity contribution >= 4 is 23.2 Å². The molecule has 0 aliphatic rings. The van der Waals surface area contributed by atoms with Gasteiger partial charge in [0.1, 0.15) is 11.5 Å². The van der Waals surface area contributed by atoms with Gasteiger partial charge in [-0.05, 0) is 30.4 Å². The first-order valence-corrected chi connectivity index (χ1v) is 5.28. The van der Waals surface area contributed by atoms with Crippen LogP contribution in [0, 0.1) is 0 Å². The molecule has 0 spiro atoms. The maximum absolute atomic E-state index is 11.5. The molecule has 92 valence electrons. The molecule has 5 nitrogen and oxygen atoms in total. The average molecular weight is 254 g/mol. The fourth-order valence-electron chi connectivity index (χ4n) is 1.37. The molecule has 0 radical (unpaired) electrons. The third-order valence-corrected chi connectivity index (χ3v) is 2.20. The highest BCUT2D eigenvalue weighted by Crippen LogP contribution is 2.24. The number of thiocarbonyl (C=S) groups is 1. The summed E-state index contributed by atoms with van der Waals surface area (Å²) in [4.78, 5) is 11.5. The van der Waals surface area contributed by atoms with Gasteiger partial charge in [0.2, 0.25) is 5.91 Å². The van der Waals surface area contributed by atoms with Gasteiger partial charge in [-0.2, -0.15) is 0 Å². The number of ether oxygens (including phenoxy) is 2. The normalized spacial score (nSPS) is 9.53. The van der Waals surface area contributed by atoms with E-state index in [0.717, 1.165) is 0 Å². The summed E-state index contributed by atoms with van der Waals surface area (Å²) < 4.78 is 10.2. The first-order chi connectivity index (χ1) is 8.06. The molecule has 0 aliphatic heterocycles. The molecule has 1 amide bonds. The van der Waals surface area contributed by atoms with E-state index < -0.39 is 0 Å². The number of methoxy groups -OCH3 is 2. The van der Waals surface area contributed by atoms with Crippen molar-refractivity contribution in [2.24, 2.45) is 5.73 Å². The van der Waals surface area contributed by atoms with Crippen LogP contribution in [0.15, 0.2) is 18.2 Å². The van der Waals surface area contributed by atoms with Gasteiger partial charge in [0, 0.05) is 5.56 Å². The van der Waals surface area contributed by atoms with Crippen LogP contribution in [-0.2, 0) is 11.2 Å². The number of rotatable bonds is 4. The zero-order valence-corrected chi connectivity index (χ0v) is 10.5. The summed E-state index contributed by atoms with van der Waals surface area (Å²) in [5.74, 6) is 0.983. The summed E-state index contributed by atoms with van der Waals surface area (Å²) >= 11 is 4.59. The van der Waals surface area contributed by atoms with E-state index >= 15 is 0 Å². The fraction of sp³-hybridized carbons (Fsp3) is 0.273. The quantitative estimate of drug-likeness (QED) is 0.770. The Morgan fingerprint density at radius 2 is 2.12 bits per heavy atom. The Balaban J connectivity index is 2.87. The number of benzene rings is 1. The van der Waals surface area contributed by atoms with Gasteiger partial charge in [0.25, 0.3) is 0 Å². The first-order valence-electron chi connectivity index (χ1n) is 4.87. The van der Waals surface area contributed by atoms with Gasteiger partial charge in [0.15, 0.2) is 5.11 Å². The number of nitrogens with one attached hydrogen (secondary N) is 1. The van der Waals surface area contributed by atoms with Gasteiger partial charge in [-0.25, -0.2) is 0 Å². The lowest BCUT2D eigenvalue weighted by Gasteiger charge is -2.10. The monoisotopic (exact) mass is 254 g/mol. The Hall–Kier alpha value is -1.82. The van der Waals surface area contributed by atoms with Crippen molar-refractivity contribution in [3.05, 3.63) is 23.8 Å². The van der Waals surface area contributed by atoms with E-state index in [4.69, 9.17) is 15.2 Å². The molecule has 1 aromatic carbocycles. The molecule has 0 aromatic heterocycles. The van der Waals surface area contributed by atoms with Gasteiger partial charge in [-0.1, -0.05) is 0 Å². The van der Waals surface area contributed by atoms with Crippen molar-refractivity contribution in [2.75, 3.05) is 14.2 Å². The second kappa shape index (κ2) is 6.05. The molecule has 0 bridgehead atoms. The minimum atomic E-state index is -0.288. The molecule has 0 atom stereocenters. The van der Waals surface area contributed by atoms with E-state index in [-0.39, 0.29) is 17.4 Å². The molecule has 6 heteroatoms. The fourth-order valence-corrected chi connectivity index (χ4v) is 1.49. The third-order valence-electron chi connectivity index (χ3n) is 2.10. The van der Waals surface area contributed by atoms with Gasteiger partial charge in [0.05, 0.1) is 20.6 Å². The van der Waals surface area contributed by atoms with Crippen LogP contribution in [0.4, 0.5) is 0 Å². The van der Waals surface area contributed by atoms with Crippen molar-refractivity contribution in [1.82, 2.24) is 5.32 Å². The second-order valence-electron chi connectivity index (χ2n) is 3.27. The van der Waals surface area contributed by atoms with Crippen LogP contribution >= 0.6 is 12.2 Å². The summed E-state index contributed by atoms with van der Waals surface area (Å²) in [7, 11) is 3.09. The predicted octanol–water partition coefficient (Wildman–Crippen LogP) is 0.606. The zero-order valence-electron chi connectivity index (χ0n) is 9.65. The van der Waals surface area contributed by atoms with E-state index in [0.29, 0.717) is 17.1 Å². The molecule has 1 rings (SSSR count). The molecule has 0 saturated carbocycles. The number of hydrogen-bond acceptors (Lipinski definition) is 4. The average Bonchev–Trinajstić information content (AvgIpc) is 2.27. The number of carbonyl (C=O) groups is 1. The van der Waals surface area contributed by atoms with Crippen molar-refractivity contribution < 1.29 is 14.3 Å². The van der Waals surface area contributed by atoms with E-state index in [2.05, 4.69) is 17.5 Å². The zero-order chi connectivity index (χ0) is 12.8. The van der Waals surface area contributed by atoms with Gasteiger partial charge < -0.3 is 20.5 Å². The molecule has 0 saturated heterocycles. The van der Waals surface area contributed by atoms with Crippen molar-refractivity contribution in [3.63, 3.8) is 0 Å². The summed E-state index contributed by atoms with van der Waals surface area (Å²) in [5, 5.41) is 2.31. The topological polar surface area (TPSA) is 73.6 Å². The summed E-state index contributed by atoms with van der Waals surface area (Å²) in [6.45, 7) is 0. The lowest BCUT2D eigenvalue weighted by atomic mass is 10.1. The smallest absolute Gasteiger partial charge is 0.230 e. The van der Waals surface area contributed by atoms with Crippen LogP contribution in [0.2, 0.25) is 0 Å². The van der Waals surface area contributed by atoms with Crippen molar-refractivity contribution in [3.8, 4) is 11.5 Å². The summed E-state index contributed by atoms with van der Waals surface area (Å²) in [5.41, 5.74) is 5.93. The Bertz CT molecular complexity index is 435. The van der Waals surface area contributed by atoms with Crippen LogP contribution in [0.25, 0.3) is 0 Å². The van der Waals surface area contributed by atoms with Crippen LogP contribution < -0.4 is 20.5 Å². The Morgan fingerprint density at radius 1 is 1.41 bits per heavy atom.